The third-order valence-corrected chi connectivity index (χ3v) is 2.43. The van der Waals surface area contributed by atoms with Gasteiger partial charge in [0.2, 0.25) is 5.24 Å². The van der Waals surface area contributed by atoms with Crippen LogP contribution in [0.2, 0.25) is 0 Å². The summed E-state index contributed by atoms with van der Waals surface area (Å²) in [5, 5.41) is -0.477. The minimum atomic E-state index is -2.85. The molecule has 1 aromatic carbocycles. The normalized spacial score (nSPS) is 11.0. The first kappa shape index (κ1) is 13.9. The van der Waals surface area contributed by atoms with Crippen LogP contribution < -0.4 is 4.74 Å². The number of benzene rings is 1. The maximum atomic E-state index is 12.1. The molecule has 0 bridgehead atoms. The summed E-state index contributed by atoms with van der Waals surface area (Å²) in [5.74, 6) is 0.191. The van der Waals surface area contributed by atoms with Crippen molar-refractivity contribution in [1.29, 1.82) is 0 Å². The summed E-state index contributed by atoms with van der Waals surface area (Å²) in [5.41, 5.74) is 1.53. The van der Waals surface area contributed by atoms with E-state index < -0.39 is 11.9 Å². The molecule has 0 spiro atoms. The number of hydrogen-bond acceptors (Lipinski definition) is 2. The van der Waals surface area contributed by atoms with Gasteiger partial charge < -0.3 is 4.74 Å². The molecule has 0 aliphatic rings. The molecule has 0 aromatic heterocycles. The van der Waals surface area contributed by atoms with Crippen molar-refractivity contribution < 1.29 is 18.3 Å². The Morgan fingerprint density at radius 2 is 2.06 bits per heavy atom. The smallest absolute Gasteiger partial charge is 0.387 e. The van der Waals surface area contributed by atoms with Crippen LogP contribution in [0, 0.1) is 0 Å². The number of carbonyl (C=O) groups is 1. The van der Waals surface area contributed by atoms with E-state index in [2.05, 4.69) is 4.74 Å². The fourth-order valence-corrected chi connectivity index (χ4v) is 1.74. The Balaban J connectivity index is 3.03. The molecular weight excluding hydrogens is 250 g/mol. The van der Waals surface area contributed by atoms with Gasteiger partial charge in [-0.1, -0.05) is 19.9 Å². The van der Waals surface area contributed by atoms with Gasteiger partial charge in [-0.05, 0) is 40.8 Å². The number of rotatable bonds is 5. The minimum absolute atomic E-state index is 0.0873. The van der Waals surface area contributed by atoms with Gasteiger partial charge in [0.25, 0.3) is 0 Å². The molecule has 0 unspecified atom stereocenters. The number of hydrogen-bond donors (Lipinski definition) is 0. The van der Waals surface area contributed by atoms with Gasteiger partial charge in [-0.15, -0.1) is 0 Å². The number of carbonyl (C=O) groups excluding carboxylic acids is 1. The zero-order valence-electron chi connectivity index (χ0n) is 9.54. The summed E-state index contributed by atoms with van der Waals surface area (Å²) in [6.07, 6.45) is 0.0873. The zero-order chi connectivity index (χ0) is 13.0. The maximum absolute atomic E-state index is 12.1. The Kier molecular flexibility index (Phi) is 4.87. The molecule has 5 heteroatoms. The van der Waals surface area contributed by atoms with E-state index in [1.807, 2.05) is 13.8 Å². The van der Waals surface area contributed by atoms with Crippen molar-refractivity contribution in [3.8, 4) is 5.75 Å². The van der Waals surface area contributed by atoms with Crippen LogP contribution in [0.25, 0.3) is 0 Å². The highest BCUT2D eigenvalue weighted by atomic mass is 35.5. The highest BCUT2D eigenvalue weighted by Crippen LogP contribution is 2.26. The van der Waals surface area contributed by atoms with Crippen LogP contribution in [0.1, 0.15) is 30.9 Å². The van der Waals surface area contributed by atoms with Crippen molar-refractivity contribution in [1.82, 2.24) is 0 Å². The monoisotopic (exact) mass is 262 g/mol. The first-order chi connectivity index (χ1) is 7.90. The predicted octanol–water partition coefficient (Wildman–Crippen LogP) is 3.72. The fourth-order valence-electron chi connectivity index (χ4n) is 1.60. The van der Waals surface area contributed by atoms with Crippen molar-refractivity contribution in [2.75, 3.05) is 0 Å². The predicted molar refractivity (Wildman–Crippen MR) is 61.7 cm³/mol. The summed E-state index contributed by atoms with van der Waals surface area (Å²) in [4.78, 5) is 10.9. The average molecular weight is 263 g/mol. The van der Waals surface area contributed by atoms with Crippen LogP contribution in [-0.2, 0) is 11.2 Å². The van der Waals surface area contributed by atoms with Gasteiger partial charge in [0.1, 0.15) is 5.75 Å². The second-order valence-electron chi connectivity index (χ2n) is 3.93. The van der Waals surface area contributed by atoms with Gasteiger partial charge in [-0.3, -0.25) is 4.79 Å². The van der Waals surface area contributed by atoms with E-state index in [1.54, 1.807) is 6.07 Å². The fraction of sp³-hybridized carbons (Fsp3) is 0.417. The van der Waals surface area contributed by atoms with Crippen LogP contribution in [-0.4, -0.2) is 11.9 Å². The lowest BCUT2D eigenvalue weighted by Crippen LogP contribution is -2.05. The molecule has 0 atom stereocenters. The molecule has 17 heavy (non-hydrogen) atoms. The molecule has 0 radical (unpaired) electrons. The van der Waals surface area contributed by atoms with Crippen molar-refractivity contribution in [2.24, 2.45) is 0 Å². The van der Waals surface area contributed by atoms with Crippen LogP contribution in [0.4, 0.5) is 8.78 Å². The van der Waals surface area contributed by atoms with Crippen molar-refractivity contribution >= 4 is 16.8 Å². The van der Waals surface area contributed by atoms with Crippen LogP contribution in [0.5, 0.6) is 5.75 Å². The van der Waals surface area contributed by atoms with Crippen LogP contribution in [0.3, 0.4) is 0 Å². The molecule has 0 amide bonds. The third kappa shape index (κ3) is 4.30. The lowest BCUT2D eigenvalue weighted by molar-refractivity contribution is -0.111. The Bertz CT molecular complexity index is 405. The molecule has 0 saturated heterocycles. The number of halogens is 3. The SMILES string of the molecule is CC(C)c1cc(OC(F)F)ccc1CC(=O)Cl. The Morgan fingerprint density at radius 3 is 2.53 bits per heavy atom. The second kappa shape index (κ2) is 5.96. The molecule has 0 aliphatic heterocycles. The minimum Gasteiger partial charge on any atom is -0.435 e. The average Bonchev–Trinajstić information content (AvgIpc) is 2.18. The Labute approximate surface area is 104 Å². The molecule has 1 rings (SSSR count). The Hall–Kier alpha value is -1.16. The summed E-state index contributed by atoms with van der Waals surface area (Å²) in [6, 6.07) is 4.52. The molecule has 0 aliphatic carbocycles. The van der Waals surface area contributed by atoms with E-state index >= 15 is 0 Å². The number of alkyl halides is 2. The quantitative estimate of drug-likeness (QED) is 0.756. The van der Waals surface area contributed by atoms with E-state index in [0.717, 1.165) is 11.1 Å². The third-order valence-electron chi connectivity index (χ3n) is 2.29. The van der Waals surface area contributed by atoms with Gasteiger partial charge in [-0.2, -0.15) is 8.78 Å². The molecule has 0 fully saturated rings. The summed E-state index contributed by atoms with van der Waals surface area (Å²) in [6.45, 7) is 0.962. The van der Waals surface area contributed by atoms with Crippen molar-refractivity contribution in [3.63, 3.8) is 0 Å². The molecule has 94 valence electrons. The van der Waals surface area contributed by atoms with Gasteiger partial charge in [-0.25, -0.2) is 0 Å². The molecule has 0 saturated carbocycles. The Morgan fingerprint density at radius 1 is 1.41 bits per heavy atom. The second-order valence-corrected chi connectivity index (χ2v) is 4.35. The topological polar surface area (TPSA) is 26.3 Å². The largest absolute Gasteiger partial charge is 0.435 e. The van der Waals surface area contributed by atoms with E-state index in [1.165, 1.54) is 12.1 Å². The van der Waals surface area contributed by atoms with E-state index in [0.29, 0.717) is 0 Å². The summed E-state index contributed by atoms with van der Waals surface area (Å²) < 4.78 is 28.4. The first-order valence-electron chi connectivity index (χ1n) is 5.16. The van der Waals surface area contributed by atoms with E-state index in [4.69, 9.17) is 11.6 Å². The summed E-state index contributed by atoms with van der Waals surface area (Å²) in [7, 11) is 0. The first-order valence-corrected chi connectivity index (χ1v) is 5.54. The maximum Gasteiger partial charge on any atom is 0.387 e. The van der Waals surface area contributed by atoms with Gasteiger partial charge in [0.05, 0.1) is 0 Å². The van der Waals surface area contributed by atoms with Gasteiger partial charge >= 0.3 is 6.61 Å². The van der Waals surface area contributed by atoms with Crippen molar-refractivity contribution in [3.05, 3.63) is 29.3 Å². The van der Waals surface area contributed by atoms with Crippen LogP contribution in [0.15, 0.2) is 18.2 Å². The van der Waals surface area contributed by atoms with Crippen molar-refractivity contribution in [2.45, 2.75) is 32.8 Å². The van der Waals surface area contributed by atoms with Gasteiger partial charge in [0, 0.05) is 6.42 Å². The lowest BCUT2D eigenvalue weighted by atomic mass is 9.95. The number of ether oxygens (including phenoxy) is 1. The van der Waals surface area contributed by atoms with Gasteiger partial charge in [0.15, 0.2) is 0 Å². The highest BCUT2D eigenvalue weighted by molar-refractivity contribution is 6.63. The highest BCUT2D eigenvalue weighted by Gasteiger charge is 2.12. The molecule has 2 nitrogen and oxygen atoms in total. The molecule has 1 aromatic rings. The van der Waals surface area contributed by atoms with E-state index in [9.17, 15) is 13.6 Å². The zero-order valence-corrected chi connectivity index (χ0v) is 10.3. The standard InChI is InChI=1S/C12H13ClF2O2/c1-7(2)10-6-9(17-12(14)15)4-3-8(10)5-11(13)16/h3-4,6-7,12H,5H2,1-2H3. The summed E-state index contributed by atoms with van der Waals surface area (Å²) >= 11 is 5.32. The van der Waals surface area contributed by atoms with Crippen LogP contribution >= 0.6 is 11.6 Å². The molecular formula is C12H13ClF2O2. The van der Waals surface area contributed by atoms with E-state index in [-0.39, 0.29) is 18.1 Å². The lowest BCUT2D eigenvalue weighted by Gasteiger charge is -2.14. The molecule has 0 N–H and O–H groups in total. The molecule has 0 heterocycles.